The van der Waals surface area contributed by atoms with Crippen molar-refractivity contribution in [3.05, 3.63) is 53.1 Å². The molecule has 0 saturated heterocycles. The third kappa shape index (κ3) is 4.80. The predicted octanol–water partition coefficient (Wildman–Crippen LogP) is 2.95. The molecule has 0 atom stereocenters. The van der Waals surface area contributed by atoms with Crippen LogP contribution >= 0.6 is 11.6 Å². The highest BCUT2D eigenvalue weighted by atomic mass is 35.5. The van der Waals surface area contributed by atoms with Crippen LogP contribution in [0.3, 0.4) is 0 Å². The quantitative estimate of drug-likeness (QED) is 0.777. The molecule has 2 aromatic rings. The molecule has 146 valence electrons. The number of carbonyl (C=O) groups excluding carboxylic acids is 3. The van der Waals surface area contributed by atoms with Crippen LogP contribution in [0.2, 0.25) is 5.02 Å². The summed E-state index contributed by atoms with van der Waals surface area (Å²) in [5.41, 5.74) is 1.88. The van der Waals surface area contributed by atoms with E-state index in [9.17, 15) is 14.4 Å². The molecule has 0 fully saturated rings. The Morgan fingerprint density at radius 1 is 1.25 bits per heavy atom. The number of ether oxygens (including phenoxy) is 2. The number of aryl methyl sites for hydroxylation is 1. The zero-order chi connectivity index (χ0) is 20.1. The van der Waals surface area contributed by atoms with Crippen molar-refractivity contribution in [2.45, 2.75) is 13.3 Å². The predicted molar refractivity (Wildman–Crippen MR) is 105 cm³/mol. The summed E-state index contributed by atoms with van der Waals surface area (Å²) >= 11 is 5.89. The molecular formula is C20H19ClN2O5. The Balaban J connectivity index is 1.58. The maximum Gasteiger partial charge on any atom is 0.326 e. The van der Waals surface area contributed by atoms with Crippen molar-refractivity contribution < 1.29 is 23.9 Å². The third-order valence-corrected chi connectivity index (χ3v) is 4.38. The van der Waals surface area contributed by atoms with Crippen molar-refractivity contribution in [3.63, 3.8) is 0 Å². The van der Waals surface area contributed by atoms with Gasteiger partial charge in [-0.05, 0) is 42.8 Å². The molecule has 8 heteroatoms. The van der Waals surface area contributed by atoms with Crippen LogP contribution in [0.4, 0.5) is 11.4 Å². The second-order valence-corrected chi connectivity index (χ2v) is 6.65. The number of rotatable bonds is 5. The van der Waals surface area contributed by atoms with E-state index in [0.29, 0.717) is 22.1 Å². The molecule has 1 aliphatic heterocycles. The number of fused-ring (bicyclic) bond motifs is 1. The molecule has 0 aliphatic carbocycles. The van der Waals surface area contributed by atoms with Crippen molar-refractivity contribution in [1.82, 2.24) is 0 Å². The summed E-state index contributed by atoms with van der Waals surface area (Å²) in [5, 5.41) is 3.22. The molecule has 2 aromatic carbocycles. The van der Waals surface area contributed by atoms with Gasteiger partial charge in [0.25, 0.3) is 5.91 Å². The number of para-hydroxylation sites is 2. The first-order chi connectivity index (χ1) is 13.4. The van der Waals surface area contributed by atoms with Crippen LogP contribution in [-0.4, -0.2) is 37.5 Å². The number of hydrogen-bond acceptors (Lipinski definition) is 5. The number of hydrogen-bond donors (Lipinski definition) is 1. The van der Waals surface area contributed by atoms with E-state index in [-0.39, 0.29) is 25.5 Å². The Morgan fingerprint density at radius 3 is 2.82 bits per heavy atom. The largest absolute Gasteiger partial charge is 0.491 e. The fourth-order valence-corrected chi connectivity index (χ4v) is 2.99. The molecule has 1 N–H and O–H groups in total. The second-order valence-electron chi connectivity index (χ2n) is 6.21. The van der Waals surface area contributed by atoms with E-state index >= 15 is 0 Å². The minimum atomic E-state index is -0.687. The number of nitrogens with zero attached hydrogens (tertiary/aromatic N) is 1. The molecule has 7 nitrogen and oxygen atoms in total. The summed E-state index contributed by atoms with van der Waals surface area (Å²) in [6, 6.07) is 12.0. The number of amides is 2. The lowest BCUT2D eigenvalue weighted by molar-refractivity contribution is -0.146. The fourth-order valence-electron chi connectivity index (χ4n) is 2.77. The Kier molecular flexibility index (Phi) is 6.16. The number of nitrogens with one attached hydrogen (secondary N) is 1. The van der Waals surface area contributed by atoms with Crippen molar-refractivity contribution in [2.24, 2.45) is 0 Å². The van der Waals surface area contributed by atoms with Crippen LogP contribution in [-0.2, 0) is 19.1 Å². The van der Waals surface area contributed by atoms with Crippen LogP contribution in [0.5, 0.6) is 5.75 Å². The lowest BCUT2D eigenvalue weighted by atomic mass is 10.2. The molecule has 0 saturated carbocycles. The van der Waals surface area contributed by atoms with E-state index in [1.165, 1.54) is 4.90 Å². The van der Waals surface area contributed by atoms with E-state index < -0.39 is 18.5 Å². The highest BCUT2D eigenvalue weighted by Crippen LogP contribution is 2.30. The van der Waals surface area contributed by atoms with Gasteiger partial charge in [-0.1, -0.05) is 23.7 Å². The van der Waals surface area contributed by atoms with Crippen molar-refractivity contribution in [2.75, 3.05) is 30.0 Å². The van der Waals surface area contributed by atoms with Gasteiger partial charge < -0.3 is 14.8 Å². The molecule has 1 heterocycles. The van der Waals surface area contributed by atoms with Crippen LogP contribution in [0.15, 0.2) is 42.5 Å². The summed E-state index contributed by atoms with van der Waals surface area (Å²) in [6.45, 7) is 1.29. The normalized spacial score (nSPS) is 13.2. The van der Waals surface area contributed by atoms with Gasteiger partial charge in [0.2, 0.25) is 5.91 Å². The summed E-state index contributed by atoms with van der Waals surface area (Å²) < 4.78 is 10.6. The van der Waals surface area contributed by atoms with Gasteiger partial charge in [-0.15, -0.1) is 0 Å². The highest BCUT2D eigenvalue weighted by molar-refractivity contribution is 6.30. The van der Waals surface area contributed by atoms with E-state index in [2.05, 4.69) is 5.32 Å². The van der Waals surface area contributed by atoms with Gasteiger partial charge in [-0.25, -0.2) is 0 Å². The molecule has 0 bridgehead atoms. The first-order valence-corrected chi connectivity index (χ1v) is 9.05. The average molecular weight is 403 g/mol. The van der Waals surface area contributed by atoms with E-state index in [1.54, 1.807) is 49.4 Å². The van der Waals surface area contributed by atoms with Gasteiger partial charge in [0, 0.05) is 10.7 Å². The summed E-state index contributed by atoms with van der Waals surface area (Å²) in [6.07, 6.45) is 0.151. The van der Waals surface area contributed by atoms with Crippen molar-refractivity contribution >= 4 is 40.8 Å². The minimum Gasteiger partial charge on any atom is -0.491 e. The van der Waals surface area contributed by atoms with Crippen LogP contribution in [0.25, 0.3) is 0 Å². The van der Waals surface area contributed by atoms with Crippen LogP contribution in [0, 0.1) is 6.92 Å². The summed E-state index contributed by atoms with van der Waals surface area (Å²) in [4.78, 5) is 37.9. The second kappa shape index (κ2) is 8.75. The smallest absolute Gasteiger partial charge is 0.326 e. The van der Waals surface area contributed by atoms with Gasteiger partial charge in [0.15, 0.2) is 6.61 Å². The zero-order valence-corrected chi connectivity index (χ0v) is 16.0. The maximum absolute atomic E-state index is 12.3. The SMILES string of the molecule is Cc1cc(Cl)ccc1NC(=O)COC(=O)CN1C(=O)CCOc2ccccc21. The van der Waals surface area contributed by atoms with Crippen LogP contribution in [0.1, 0.15) is 12.0 Å². The highest BCUT2D eigenvalue weighted by Gasteiger charge is 2.25. The number of halogens is 1. The molecule has 2 amide bonds. The minimum absolute atomic E-state index is 0.151. The lowest BCUT2D eigenvalue weighted by Crippen LogP contribution is -2.37. The molecule has 0 unspecified atom stereocenters. The molecule has 28 heavy (non-hydrogen) atoms. The first kappa shape index (κ1) is 19.7. The summed E-state index contributed by atoms with van der Waals surface area (Å²) in [7, 11) is 0. The zero-order valence-electron chi connectivity index (χ0n) is 15.2. The Labute approximate surface area is 167 Å². The van der Waals surface area contributed by atoms with E-state index in [1.807, 2.05) is 0 Å². The monoisotopic (exact) mass is 402 g/mol. The lowest BCUT2D eigenvalue weighted by Gasteiger charge is -2.20. The molecule has 3 rings (SSSR count). The first-order valence-electron chi connectivity index (χ1n) is 8.68. The van der Waals surface area contributed by atoms with E-state index in [4.69, 9.17) is 21.1 Å². The topological polar surface area (TPSA) is 84.9 Å². The van der Waals surface area contributed by atoms with Crippen LogP contribution < -0.4 is 15.0 Å². The number of carbonyl (C=O) groups is 3. The Bertz CT molecular complexity index is 915. The molecular weight excluding hydrogens is 384 g/mol. The van der Waals surface area contributed by atoms with Gasteiger partial charge >= 0.3 is 5.97 Å². The van der Waals surface area contributed by atoms with Gasteiger partial charge in [0.05, 0.1) is 18.7 Å². The molecule has 0 spiro atoms. The Morgan fingerprint density at radius 2 is 2.04 bits per heavy atom. The van der Waals surface area contributed by atoms with Crippen molar-refractivity contribution in [3.8, 4) is 5.75 Å². The van der Waals surface area contributed by atoms with Gasteiger partial charge in [-0.2, -0.15) is 0 Å². The third-order valence-electron chi connectivity index (χ3n) is 4.14. The molecule has 0 radical (unpaired) electrons. The Hall–Kier alpha value is -3.06. The molecule has 0 aromatic heterocycles. The van der Waals surface area contributed by atoms with Crippen molar-refractivity contribution in [1.29, 1.82) is 0 Å². The van der Waals surface area contributed by atoms with E-state index in [0.717, 1.165) is 5.56 Å². The molecule has 1 aliphatic rings. The number of benzene rings is 2. The number of esters is 1. The van der Waals surface area contributed by atoms with Gasteiger partial charge in [0.1, 0.15) is 12.3 Å². The summed E-state index contributed by atoms with van der Waals surface area (Å²) in [5.74, 6) is -0.891. The maximum atomic E-state index is 12.3. The number of anilines is 2. The average Bonchev–Trinajstić information content (AvgIpc) is 2.82. The van der Waals surface area contributed by atoms with Gasteiger partial charge in [-0.3, -0.25) is 19.3 Å². The fraction of sp³-hybridized carbons (Fsp3) is 0.250. The standard InChI is InChI=1S/C20H19ClN2O5/c1-13-10-14(21)6-7-15(13)22-18(24)12-28-20(26)11-23-16-4-2-3-5-17(16)27-9-8-19(23)25/h2-7,10H,8-9,11-12H2,1H3,(H,22,24).